The van der Waals surface area contributed by atoms with Crippen LogP contribution in [0.4, 0.5) is 8.78 Å². The lowest BCUT2D eigenvalue weighted by atomic mass is 9.97. The van der Waals surface area contributed by atoms with E-state index >= 15 is 4.39 Å². The van der Waals surface area contributed by atoms with Gasteiger partial charge in [-0.25, -0.2) is 8.78 Å². The van der Waals surface area contributed by atoms with Crippen molar-refractivity contribution in [1.82, 2.24) is 0 Å². The predicted molar refractivity (Wildman–Crippen MR) is 128 cm³/mol. The van der Waals surface area contributed by atoms with E-state index in [0.29, 0.717) is 30.4 Å². The maximum atomic E-state index is 15.1. The molecule has 0 saturated carbocycles. The largest absolute Gasteiger partial charge is 0.494 e. The number of ether oxygens (including phenoxy) is 1. The molecule has 4 aromatic rings. The highest BCUT2D eigenvalue weighted by atomic mass is 35.5. The Kier molecular flexibility index (Phi) is 7.06. The Labute approximate surface area is 192 Å². The summed E-state index contributed by atoms with van der Waals surface area (Å²) >= 11 is 5.74. The Morgan fingerprint density at radius 3 is 2.12 bits per heavy atom. The van der Waals surface area contributed by atoms with E-state index in [4.69, 9.17) is 16.3 Å². The molecule has 0 amide bonds. The van der Waals surface area contributed by atoms with E-state index in [1.165, 1.54) is 23.3 Å². The van der Waals surface area contributed by atoms with Crippen molar-refractivity contribution in [3.05, 3.63) is 112 Å². The average Bonchev–Trinajstić information content (AvgIpc) is 2.80. The third-order valence-corrected chi connectivity index (χ3v) is 6.01. The minimum Gasteiger partial charge on any atom is -0.494 e. The van der Waals surface area contributed by atoms with Gasteiger partial charge in [0.25, 0.3) is 0 Å². The van der Waals surface area contributed by atoms with E-state index in [-0.39, 0.29) is 10.8 Å². The topological polar surface area (TPSA) is 9.23 Å². The number of aryl methyl sites for hydroxylation is 4. The zero-order chi connectivity index (χ0) is 22.5. The lowest BCUT2D eigenvalue weighted by Gasteiger charge is -2.10. The molecule has 0 bridgehead atoms. The van der Waals surface area contributed by atoms with Gasteiger partial charge in [0.05, 0.1) is 11.6 Å². The van der Waals surface area contributed by atoms with Crippen LogP contribution in [0, 0.1) is 11.6 Å². The van der Waals surface area contributed by atoms with Gasteiger partial charge in [-0.3, -0.25) is 0 Å². The molecule has 0 aliphatic heterocycles. The molecule has 0 radical (unpaired) electrons. The van der Waals surface area contributed by atoms with Gasteiger partial charge in [-0.2, -0.15) is 0 Å². The summed E-state index contributed by atoms with van der Waals surface area (Å²) < 4.78 is 34.2. The molecule has 0 heterocycles. The van der Waals surface area contributed by atoms with Crippen molar-refractivity contribution in [3.8, 4) is 5.75 Å². The molecule has 0 aromatic heterocycles. The van der Waals surface area contributed by atoms with Crippen LogP contribution in [0.1, 0.15) is 29.2 Å². The summed E-state index contributed by atoms with van der Waals surface area (Å²) in [5.41, 5.74) is 3.86. The van der Waals surface area contributed by atoms with Crippen LogP contribution < -0.4 is 4.74 Å². The van der Waals surface area contributed by atoms with E-state index in [1.54, 1.807) is 6.07 Å². The van der Waals surface area contributed by atoms with Crippen LogP contribution in [0.3, 0.4) is 0 Å². The lowest BCUT2D eigenvalue weighted by molar-refractivity contribution is 0.340. The SMILES string of the molecule is CCOc1ccc(CCc2ccc3c(F)c(CCc4ccc(Cl)c(F)c4)ccc3c2)cc1. The van der Waals surface area contributed by atoms with Gasteiger partial charge in [0, 0.05) is 5.39 Å². The molecule has 1 nitrogen and oxygen atoms in total. The monoisotopic (exact) mass is 450 g/mol. The van der Waals surface area contributed by atoms with Crippen molar-refractivity contribution in [1.29, 1.82) is 0 Å². The Balaban J connectivity index is 1.43. The summed E-state index contributed by atoms with van der Waals surface area (Å²) in [7, 11) is 0. The molecule has 0 unspecified atom stereocenters. The summed E-state index contributed by atoms with van der Waals surface area (Å²) in [6.07, 6.45) is 2.85. The Hall–Kier alpha value is -2.91. The molecule has 0 fully saturated rings. The predicted octanol–water partition coefficient (Wildman–Crippen LogP) is 7.74. The van der Waals surface area contributed by atoms with Crippen LogP contribution in [0.25, 0.3) is 10.8 Å². The molecule has 0 atom stereocenters. The second kappa shape index (κ2) is 10.1. The summed E-state index contributed by atoms with van der Waals surface area (Å²) in [5.74, 6) is 0.241. The fraction of sp³-hybridized carbons (Fsp3) is 0.214. The molecule has 164 valence electrons. The Morgan fingerprint density at radius 2 is 1.38 bits per heavy atom. The molecule has 4 rings (SSSR count). The fourth-order valence-corrected chi connectivity index (χ4v) is 4.03. The van der Waals surface area contributed by atoms with Gasteiger partial charge in [-0.05, 0) is 84.5 Å². The van der Waals surface area contributed by atoms with Gasteiger partial charge in [0.2, 0.25) is 0 Å². The van der Waals surface area contributed by atoms with Crippen LogP contribution in [-0.4, -0.2) is 6.61 Å². The highest BCUT2D eigenvalue weighted by molar-refractivity contribution is 6.30. The molecule has 0 N–H and O–H groups in total. The fourth-order valence-electron chi connectivity index (χ4n) is 3.92. The smallest absolute Gasteiger partial charge is 0.142 e. The van der Waals surface area contributed by atoms with Crippen LogP contribution in [-0.2, 0) is 25.7 Å². The Bertz CT molecular complexity index is 1220. The third-order valence-electron chi connectivity index (χ3n) is 5.70. The minimum atomic E-state index is -0.444. The van der Waals surface area contributed by atoms with E-state index in [1.807, 2.05) is 43.3 Å². The van der Waals surface area contributed by atoms with Crippen molar-refractivity contribution in [2.75, 3.05) is 6.61 Å². The third kappa shape index (κ3) is 5.28. The number of benzene rings is 4. The van der Waals surface area contributed by atoms with Crippen LogP contribution >= 0.6 is 11.6 Å². The number of fused-ring (bicyclic) bond motifs is 1. The summed E-state index contributed by atoms with van der Waals surface area (Å²) in [4.78, 5) is 0. The normalized spacial score (nSPS) is 11.1. The quantitative estimate of drug-likeness (QED) is 0.267. The van der Waals surface area contributed by atoms with Crippen molar-refractivity contribution in [2.45, 2.75) is 32.6 Å². The summed E-state index contributed by atoms with van der Waals surface area (Å²) in [5, 5.41) is 1.62. The molecule has 32 heavy (non-hydrogen) atoms. The molecular formula is C28H25ClF2O. The van der Waals surface area contributed by atoms with Crippen molar-refractivity contribution >= 4 is 22.4 Å². The zero-order valence-electron chi connectivity index (χ0n) is 18.0. The second-order valence-corrected chi connectivity index (χ2v) is 8.33. The Morgan fingerprint density at radius 1 is 0.719 bits per heavy atom. The van der Waals surface area contributed by atoms with Gasteiger partial charge in [0.1, 0.15) is 17.4 Å². The van der Waals surface area contributed by atoms with E-state index in [0.717, 1.165) is 29.5 Å². The number of hydrogen-bond donors (Lipinski definition) is 0. The van der Waals surface area contributed by atoms with E-state index in [9.17, 15) is 4.39 Å². The van der Waals surface area contributed by atoms with Crippen molar-refractivity contribution < 1.29 is 13.5 Å². The first-order valence-corrected chi connectivity index (χ1v) is 11.3. The summed E-state index contributed by atoms with van der Waals surface area (Å²) in [6.45, 7) is 2.63. The molecule has 0 aliphatic carbocycles. The van der Waals surface area contributed by atoms with Crippen molar-refractivity contribution in [2.24, 2.45) is 0 Å². The van der Waals surface area contributed by atoms with E-state index < -0.39 is 5.82 Å². The standard InChI is InChI=1S/C28H25ClF2O/c1-2-32-24-13-6-19(7-14-24)3-4-20-8-15-25-23(17-20)12-11-22(28(25)31)10-5-21-9-16-26(29)27(30)18-21/h6-9,11-18H,2-5,10H2,1H3. The molecular weight excluding hydrogens is 426 g/mol. The van der Waals surface area contributed by atoms with Gasteiger partial charge < -0.3 is 4.74 Å². The first kappa shape index (κ1) is 22.3. The highest BCUT2D eigenvalue weighted by Gasteiger charge is 2.10. The van der Waals surface area contributed by atoms with Gasteiger partial charge >= 0.3 is 0 Å². The number of halogens is 3. The molecule has 4 heteroatoms. The average molecular weight is 451 g/mol. The molecule has 4 aromatic carbocycles. The van der Waals surface area contributed by atoms with Crippen LogP contribution in [0.2, 0.25) is 5.02 Å². The van der Waals surface area contributed by atoms with E-state index in [2.05, 4.69) is 18.2 Å². The van der Waals surface area contributed by atoms with Crippen LogP contribution in [0.15, 0.2) is 72.8 Å². The molecule has 0 aliphatic rings. The maximum absolute atomic E-state index is 15.1. The zero-order valence-corrected chi connectivity index (χ0v) is 18.8. The number of hydrogen-bond acceptors (Lipinski definition) is 1. The maximum Gasteiger partial charge on any atom is 0.142 e. The van der Waals surface area contributed by atoms with Gasteiger partial charge in [-0.1, -0.05) is 60.1 Å². The van der Waals surface area contributed by atoms with Gasteiger partial charge in [0.15, 0.2) is 0 Å². The molecule has 0 saturated heterocycles. The van der Waals surface area contributed by atoms with Crippen LogP contribution in [0.5, 0.6) is 5.75 Å². The van der Waals surface area contributed by atoms with Gasteiger partial charge in [-0.15, -0.1) is 0 Å². The first-order valence-electron chi connectivity index (χ1n) is 10.9. The van der Waals surface area contributed by atoms with Crippen molar-refractivity contribution in [3.63, 3.8) is 0 Å². The number of rotatable bonds is 8. The summed E-state index contributed by atoms with van der Waals surface area (Å²) in [6, 6.07) is 22.6. The highest BCUT2D eigenvalue weighted by Crippen LogP contribution is 2.25. The first-order chi connectivity index (χ1) is 15.5. The lowest BCUT2D eigenvalue weighted by Crippen LogP contribution is -1.97. The minimum absolute atomic E-state index is 0.101. The molecule has 0 spiro atoms. The second-order valence-electron chi connectivity index (χ2n) is 7.92.